The van der Waals surface area contributed by atoms with Gasteiger partial charge in [0.1, 0.15) is 0 Å². The second kappa shape index (κ2) is 5.34. The molecule has 1 aromatic carbocycles. The topological polar surface area (TPSA) is 84.3 Å². The second-order valence-electron chi connectivity index (χ2n) is 5.17. The third-order valence-corrected chi connectivity index (χ3v) is 3.82. The maximum atomic E-state index is 14.3. The lowest BCUT2D eigenvalue weighted by Crippen LogP contribution is -1.95. The number of fused-ring (bicyclic) bond motifs is 2. The van der Waals surface area contributed by atoms with Gasteiger partial charge in [0, 0.05) is 29.3 Å². The van der Waals surface area contributed by atoms with Crippen LogP contribution < -0.4 is 10.1 Å². The number of hydrogen-bond acceptors (Lipinski definition) is 4. The number of aromatic amines is 1. The molecule has 0 radical (unpaired) electrons. The lowest BCUT2D eigenvalue weighted by molar-refractivity contribution is -0.105. The summed E-state index contributed by atoms with van der Waals surface area (Å²) in [6.07, 6.45) is 3.93. The number of anilines is 1. The number of nitrogens with one attached hydrogen (secondary N) is 2. The Balaban J connectivity index is 1.98. The second-order valence-corrected chi connectivity index (χ2v) is 5.17. The summed E-state index contributed by atoms with van der Waals surface area (Å²) in [4.78, 5) is 10.5. The molecule has 0 aliphatic carbocycles. The summed E-state index contributed by atoms with van der Waals surface area (Å²) >= 11 is 0. The Bertz CT molecular complexity index is 1070. The highest BCUT2D eigenvalue weighted by atomic mass is 19.1. The number of rotatable bonds is 4. The van der Waals surface area contributed by atoms with Gasteiger partial charge in [-0.05, 0) is 17.7 Å². The van der Waals surface area contributed by atoms with E-state index < -0.39 is 5.82 Å². The Kier molecular flexibility index (Phi) is 3.16. The molecular formula is C16H12FN5O2. The van der Waals surface area contributed by atoms with Crippen molar-refractivity contribution < 1.29 is 13.9 Å². The summed E-state index contributed by atoms with van der Waals surface area (Å²) in [7, 11) is 1.43. The molecule has 7 nitrogen and oxygen atoms in total. The highest BCUT2D eigenvalue weighted by Crippen LogP contribution is 2.38. The van der Waals surface area contributed by atoms with Crippen LogP contribution in [0.4, 0.5) is 10.2 Å². The van der Waals surface area contributed by atoms with E-state index in [0.29, 0.717) is 23.3 Å². The van der Waals surface area contributed by atoms with Crippen LogP contribution in [-0.4, -0.2) is 33.3 Å². The summed E-state index contributed by atoms with van der Waals surface area (Å²) in [5.74, 6) is 0.113. The van der Waals surface area contributed by atoms with Gasteiger partial charge in [0.2, 0.25) is 6.41 Å². The lowest BCUT2D eigenvalue weighted by atomic mass is 10.0. The van der Waals surface area contributed by atoms with Crippen molar-refractivity contribution in [3.8, 4) is 16.9 Å². The van der Waals surface area contributed by atoms with Crippen molar-refractivity contribution >= 4 is 28.6 Å². The molecule has 0 fully saturated rings. The molecule has 0 atom stereocenters. The average molecular weight is 325 g/mol. The molecule has 0 bridgehead atoms. The third kappa shape index (κ3) is 2.08. The molecule has 4 rings (SSSR count). The zero-order valence-electron chi connectivity index (χ0n) is 12.6. The van der Waals surface area contributed by atoms with Crippen LogP contribution in [0.3, 0.4) is 0 Å². The van der Waals surface area contributed by atoms with Gasteiger partial charge in [0.25, 0.3) is 0 Å². The van der Waals surface area contributed by atoms with E-state index in [-0.39, 0.29) is 5.75 Å². The van der Waals surface area contributed by atoms with Crippen LogP contribution in [0, 0.1) is 5.82 Å². The van der Waals surface area contributed by atoms with Gasteiger partial charge in [-0.1, -0.05) is 0 Å². The fourth-order valence-electron chi connectivity index (χ4n) is 2.81. The molecule has 3 aromatic heterocycles. The number of H-pyrrole nitrogens is 1. The van der Waals surface area contributed by atoms with Crippen molar-refractivity contribution in [3.05, 3.63) is 42.5 Å². The largest absolute Gasteiger partial charge is 0.493 e. The third-order valence-electron chi connectivity index (χ3n) is 3.82. The van der Waals surface area contributed by atoms with Gasteiger partial charge in [0.05, 0.1) is 24.3 Å². The highest BCUT2D eigenvalue weighted by Gasteiger charge is 2.18. The Labute approximate surface area is 135 Å². The van der Waals surface area contributed by atoms with E-state index in [0.717, 1.165) is 16.5 Å². The van der Waals surface area contributed by atoms with E-state index >= 15 is 0 Å². The Hall–Kier alpha value is -3.42. The Morgan fingerprint density at radius 3 is 3.04 bits per heavy atom. The molecule has 0 spiro atoms. The summed E-state index contributed by atoms with van der Waals surface area (Å²) < 4.78 is 21.2. The quantitative estimate of drug-likeness (QED) is 0.565. The maximum Gasteiger partial charge on any atom is 0.212 e. The van der Waals surface area contributed by atoms with Crippen LogP contribution in [-0.2, 0) is 4.79 Å². The number of hydrogen-bond donors (Lipinski definition) is 2. The minimum Gasteiger partial charge on any atom is -0.493 e. The Morgan fingerprint density at radius 1 is 1.38 bits per heavy atom. The molecule has 0 saturated heterocycles. The van der Waals surface area contributed by atoms with Crippen LogP contribution in [0.1, 0.15) is 0 Å². The number of aromatic nitrogens is 4. The van der Waals surface area contributed by atoms with E-state index in [2.05, 4.69) is 20.6 Å². The number of pyridine rings is 1. The molecule has 2 N–H and O–H groups in total. The molecule has 3 heterocycles. The molecule has 0 unspecified atom stereocenters. The van der Waals surface area contributed by atoms with E-state index in [1.165, 1.54) is 13.2 Å². The van der Waals surface area contributed by atoms with Crippen molar-refractivity contribution in [2.45, 2.75) is 0 Å². The van der Waals surface area contributed by atoms with Gasteiger partial charge in [-0.2, -0.15) is 10.2 Å². The average Bonchev–Trinajstić information content (AvgIpc) is 3.18. The highest BCUT2D eigenvalue weighted by molar-refractivity contribution is 5.98. The number of benzene rings is 1. The van der Waals surface area contributed by atoms with Gasteiger partial charge >= 0.3 is 0 Å². The van der Waals surface area contributed by atoms with Gasteiger partial charge in [0.15, 0.2) is 17.4 Å². The smallest absolute Gasteiger partial charge is 0.212 e. The molecule has 0 aliphatic rings. The van der Waals surface area contributed by atoms with Crippen LogP contribution in [0.5, 0.6) is 5.75 Å². The Morgan fingerprint density at radius 2 is 2.25 bits per heavy atom. The van der Waals surface area contributed by atoms with Crippen LogP contribution in [0.25, 0.3) is 27.5 Å². The van der Waals surface area contributed by atoms with E-state index in [1.54, 1.807) is 29.0 Å². The lowest BCUT2D eigenvalue weighted by Gasteiger charge is -2.11. The first-order valence-electron chi connectivity index (χ1n) is 7.11. The van der Waals surface area contributed by atoms with Crippen molar-refractivity contribution in [2.75, 3.05) is 12.4 Å². The number of amides is 1. The SMILES string of the molecule is COc1c(F)cc2[nH]ncc2c1-c1ccn2nc(NC=O)cc2c1. The van der Waals surface area contributed by atoms with Crippen molar-refractivity contribution in [2.24, 2.45) is 0 Å². The van der Waals surface area contributed by atoms with Crippen LogP contribution >= 0.6 is 0 Å². The molecule has 4 aromatic rings. The van der Waals surface area contributed by atoms with Gasteiger partial charge in [-0.3, -0.25) is 9.89 Å². The molecule has 24 heavy (non-hydrogen) atoms. The molecular weight excluding hydrogens is 313 g/mol. The van der Waals surface area contributed by atoms with E-state index in [4.69, 9.17) is 4.74 Å². The molecule has 120 valence electrons. The van der Waals surface area contributed by atoms with Crippen molar-refractivity contribution in [1.82, 2.24) is 19.8 Å². The predicted octanol–water partition coefficient (Wildman–Crippen LogP) is 2.59. The van der Waals surface area contributed by atoms with Gasteiger partial charge in [-0.15, -0.1) is 0 Å². The first-order chi connectivity index (χ1) is 11.7. The number of ether oxygens (including phenoxy) is 1. The number of carbonyl (C=O) groups is 1. The monoisotopic (exact) mass is 325 g/mol. The van der Waals surface area contributed by atoms with E-state index in [9.17, 15) is 9.18 Å². The number of halogens is 1. The number of carbonyl (C=O) groups excluding carboxylic acids is 1. The fraction of sp³-hybridized carbons (Fsp3) is 0.0625. The number of nitrogens with zero attached hydrogens (tertiary/aromatic N) is 3. The molecule has 1 amide bonds. The summed E-state index contributed by atoms with van der Waals surface area (Å²) in [6, 6.07) is 6.71. The van der Waals surface area contributed by atoms with Crippen molar-refractivity contribution in [1.29, 1.82) is 0 Å². The minimum atomic E-state index is -0.471. The van der Waals surface area contributed by atoms with Crippen LogP contribution in [0.15, 0.2) is 36.7 Å². The van der Waals surface area contributed by atoms with Gasteiger partial charge in [-0.25, -0.2) is 8.91 Å². The molecule has 0 aliphatic heterocycles. The van der Waals surface area contributed by atoms with E-state index in [1.807, 2.05) is 6.07 Å². The number of methoxy groups -OCH3 is 1. The zero-order valence-corrected chi connectivity index (χ0v) is 12.6. The normalized spacial score (nSPS) is 11.1. The standard InChI is InChI=1S/C16H12FN5O2/c1-24-16-12(17)6-13-11(7-19-20-13)15(16)9-2-3-22-10(4-9)5-14(21-22)18-8-23/h2-8H,1H3,(H,19,20)(H,18,21,23). The summed E-state index contributed by atoms with van der Waals surface area (Å²) in [5.41, 5.74) is 2.69. The summed E-state index contributed by atoms with van der Waals surface area (Å²) in [5, 5.41) is 14.2. The molecule has 8 heteroatoms. The minimum absolute atomic E-state index is 0.152. The zero-order chi connectivity index (χ0) is 16.7. The maximum absolute atomic E-state index is 14.3. The molecule has 0 saturated carbocycles. The predicted molar refractivity (Wildman–Crippen MR) is 86.5 cm³/mol. The fourth-order valence-corrected chi connectivity index (χ4v) is 2.81. The summed E-state index contributed by atoms with van der Waals surface area (Å²) in [6.45, 7) is 0. The first kappa shape index (κ1) is 14.2. The van der Waals surface area contributed by atoms with Crippen LogP contribution in [0.2, 0.25) is 0 Å². The van der Waals surface area contributed by atoms with Crippen molar-refractivity contribution in [3.63, 3.8) is 0 Å². The first-order valence-corrected chi connectivity index (χ1v) is 7.11. The van der Waals surface area contributed by atoms with Gasteiger partial charge < -0.3 is 10.1 Å².